The minimum Gasteiger partial charge on any atom is -0.310 e. The van der Waals surface area contributed by atoms with E-state index in [1.165, 1.54) is 12.1 Å². The summed E-state index contributed by atoms with van der Waals surface area (Å²) in [6, 6.07) is 9.85. The van der Waals surface area contributed by atoms with Gasteiger partial charge in [0.15, 0.2) is 0 Å². The van der Waals surface area contributed by atoms with Gasteiger partial charge < -0.3 is 5.32 Å². The van der Waals surface area contributed by atoms with Crippen LogP contribution in [0.15, 0.2) is 40.9 Å². The quantitative estimate of drug-likeness (QED) is 0.803. The SMILES string of the molecule is CCNC(Cc1ccc(F)cc1F)c1ccc(C)c(Br)c1. The smallest absolute Gasteiger partial charge is 0.129 e. The van der Waals surface area contributed by atoms with E-state index in [9.17, 15) is 8.78 Å². The number of nitrogens with one attached hydrogen (secondary N) is 1. The van der Waals surface area contributed by atoms with Crippen molar-refractivity contribution in [1.82, 2.24) is 5.32 Å². The molecule has 21 heavy (non-hydrogen) atoms. The average Bonchev–Trinajstić information content (AvgIpc) is 2.44. The molecule has 112 valence electrons. The molecule has 0 aliphatic heterocycles. The summed E-state index contributed by atoms with van der Waals surface area (Å²) in [5, 5.41) is 3.35. The second-order valence-corrected chi connectivity index (χ2v) is 5.91. The van der Waals surface area contributed by atoms with Crippen LogP contribution in [0, 0.1) is 18.6 Å². The van der Waals surface area contributed by atoms with E-state index in [0.29, 0.717) is 12.0 Å². The van der Waals surface area contributed by atoms with Crippen LogP contribution >= 0.6 is 15.9 Å². The second kappa shape index (κ2) is 7.14. The molecular formula is C17H18BrF2N. The fourth-order valence-electron chi connectivity index (χ4n) is 2.29. The average molecular weight is 354 g/mol. The summed E-state index contributed by atoms with van der Waals surface area (Å²) < 4.78 is 27.9. The van der Waals surface area contributed by atoms with Crippen LogP contribution < -0.4 is 5.32 Å². The number of rotatable bonds is 5. The van der Waals surface area contributed by atoms with E-state index < -0.39 is 11.6 Å². The van der Waals surface area contributed by atoms with E-state index in [4.69, 9.17) is 0 Å². The van der Waals surface area contributed by atoms with E-state index >= 15 is 0 Å². The predicted molar refractivity (Wildman–Crippen MR) is 85.4 cm³/mol. The van der Waals surface area contributed by atoms with Crippen molar-refractivity contribution >= 4 is 15.9 Å². The van der Waals surface area contributed by atoms with Crippen LogP contribution in [-0.2, 0) is 6.42 Å². The van der Waals surface area contributed by atoms with Crippen molar-refractivity contribution in [1.29, 1.82) is 0 Å². The van der Waals surface area contributed by atoms with E-state index in [2.05, 4.69) is 21.2 Å². The Hall–Kier alpha value is -1.26. The molecule has 0 aromatic heterocycles. The number of hydrogen-bond donors (Lipinski definition) is 1. The summed E-state index contributed by atoms with van der Waals surface area (Å²) in [7, 11) is 0. The molecule has 1 atom stereocenters. The first-order valence-electron chi connectivity index (χ1n) is 6.94. The van der Waals surface area contributed by atoms with Gasteiger partial charge in [0.05, 0.1) is 0 Å². The lowest BCUT2D eigenvalue weighted by molar-refractivity contribution is 0.521. The van der Waals surface area contributed by atoms with Crippen LogP contribution in [0.1, 0.15) is 29.7 Å². The van der Waals surface area contributed by atoms with Gasteiger partial charge in [-0.1, -0.05) is 41.1 Å². The maximum Gasteiger partial charge on any atom is 0.129 e. The first-order chi connectivity index (χ1) is 10.0. The van der Waals surface area contributed by atoms with E-state index in [0.717, 1.165) is 28.2 Å². The van der Waals surface area contributed by atoms with Crippen LogP contribution in [-0.4, -0.2) is 6.54 Å². The van der Waals surface area contributed by atoms with Gasteiger partial charge in [0.1, 0.15) is 11.6 Å². The topological polar surface area (TPSA) is 12.0 Å². The van der Waals surface area contributed by atoms with E-state index in [1.807, 2.05) is 32.0 Å². The van der Waals surface area contributed by atoms with E-state index in [-0.39, 0.29) is 6.04 Å². The Labute approximate surface area is 132 Å². The Morgan fingerprint density at radius 2 is 1.90 bits per heavy atom. The Morgan fingerprint density at radius 1 is 1.14 bits per heavy atom. The summed E-state index contributed by atoms with van der Waals surface area (Å²) in [5.74, 6) is -1.04. The summed E-state index contributed by atoms with van der Waals surface area (Å²) in [6.45, 7) is 4.81. The molecule has 0 aliphatic carbocycles. The lowest BCUT2D eigenvalue weighted by atomic mass is 9.97. The van der Waals surface area contributed by atoms with Crippen LogP contribution in [0.4, 0.5) is 8.78 Å². The highest BCUT2D eigenvalue weighted by Crippen LogP contribution is 2.25. The summed E-state index contributed by atoms with van der Waals surface area (Å²) >= 11 is 3.52. The number of hydrogen-bond acceptors (Lipinski definition) is 1. The number of aryl methyl sites for hydroxylation is 1. The van der Waals surface area contributed by atoms with Gasteiger partial charge in [-0.15, -0.1) is 0 Å². The molecule has 1 unspecified atom stereocenters. The van der Waals surface area contributed by atoms with Crippen molar-refractivity contribution < 1.29 is 8.78 Å². The molecular weight excluding hydrogens is 336 g/mol. The van der Waals surface area contributed by atoms with Crippen LogP contribution in [0.5, 0.6) is 0 Å². The van der Waals surface area contributed by atoms with Gasteiger partial charge in [0, 0.05) is 16.6 Å². The van der Waals surface area contributed by atoms with Gasteiger partial charge >= 0.3 is 0 Å². The fraction of sp³-hybridized carbons (Fsp3) is 0.294. The molecule has 0 saturated heterocycles. The molecule has 2 aromatic rings. The molecule has 2 aromatic carbocycles. The Bertz CT molecular complexity index is 628. The standard InChI is InChI=1S/C17H18BrF2N/c1-3-21-17(13-5-4-11(2)15(18)8-13)9-12-6-7-14(19)10-16(12)20/h4-8,10,17,21H,3,9H2,1-2H3. The van der Waals surface area contributed by atoms with Gasteiger partial charge in [0.2, 0.25) is 0 Å². The maximum absolute atomic E-state index is 13.8. The van der Waals surface area contributed by atoms with Gasteiger partial charge in [-0.05, 0) is 48.7 Å². The minimum absolute atomic E-state index is 0.00754. The van der Waals surface area contributed by atoms with Crippen LogP contribution in [0.2, 0.25) is 0 Å². The molecule has 1 N–H and O–H groups in total. The summed E-state index contributed by atoms with van der Waals surface area (Å²) in [4.78, 5) is 0. The molecule has 1 nitrogen and oxygen atoms in total. The molecule has 0 radical (unpaired) electrons. The lowest BCUT2D eigenvalue weighted by Crippen LogP contribution is -2.23. The highest BCUT2D eigenvalue weighted by molar-refractivity contribution is 9.10. The Balaban J connectivity index is 2.28. The zero-order valence-electron chi connectivity index (χ0n) is 12.1. The maximum atomic E-state index is 13.8. The van der Waals surface area contributed by atoms with Crippen LogP contribution in [0.3, 0.4) is 0 Å². The molecule has 0 fully saturated rings. The van der Waals surface area contributed by atoms with Gasteiger partial charge in [0.25, 0.3) is 0 Å². The zero-order chi connectivity index (χ0) is 15.4. The van der Waals surface area contributed by atoms with Crippen molar-refractivity contribution in [3.05, 3.63) is 69.2 Å². The molecule has 0 amide bonds. The molecule has 0 saturated carbocycles. The monoisotopic (exact) mass is 353 g/mol. The number of benzene rings is 2. The van der Waals surface area contributed by atoms with Gasteiger partial charge in [-0.3, -0.25) is 0 Å². The molecule has 0 spiro atoms. The Morgan fingerprint density at radius 3 is 2.52 bits per heavy atom. The molecule has 4 heteroatoms. The van der Waals surface area contributed by atoms with Crippen molar-refractivity contribution in [3.8, 4) is 0 Å². The van der Waals surface area contributed by atoms with E-state index in [1.54, 1.807) is 0 Å². The van der Waals surface area contributed by atoms with Crippen molar-refractivity contribution in [2.24, 2.45) is 0 Å². The van der Waals surface area contributed by atoms with Gasteiger partial charge in [-0.2, -0.15) is 0 Å². The number of likely N-dealkylation sites (N-methyl/N-ethyl adjacent to an activating group) is 1. The third-order valence-corrected chi connectivity index (χ3v) is 4.34. The summed E-state index contributed by atoms with van der Waals surface area (Å²) in [6.07, 6.45) is 0.482. The van der Waals surface area contributed by atoms with Crippen molar-refractivity contribution in [2.75, 3.05) is 6.54 Å². The van der Waals surface area contributed by atoms with Crippen molar-refractivity contribution in [2.45, 2.75) is 26.3 Å². The summed E-state index contributed by atoms with van der Waals surface area (Å²) in [5.41, 5.74) is 2.75. The third kappa shape index (κ3) is 4.11. The highest BCUT2D eigenvalue weighted by Gasteiger charge is 2.15. The fourth-order valence-corrected chi connectivity index (χ4v) is 2.68. The van der Waals surface area contributed by atoms with Crippen LogP contribution in [0.25, 0.3) is 0 Å². The van der Waals surface area contributed by atoms with Crippen molar-refractivity contribution in [3.63, 3.8) is 0 Å². The number of halogens is 3. The molecule has 0 bridgehead atoms. The molecule has 0 heterocycles. The largest absolute Gasteiger partial charge is 0.310 e. The first-order valence-corrected chi connectivity index (χ1v) is 7.74. The third-order valence-electron chi connectivity index (χ3n) is 3.49. The highest BCUT2D eigenvalue weighted by atomic mass is 79.9. The Kier molecular flexibility index (Phi) is 5.48. The molecule has 2 rings (SSSR count). The van der Waals surface area contributed by atoms with Gasteiger partial charge in [-0.25, -0.2) is 8.78 Å². The predicted octanol–water partition coefficient (Wildman–Crippen LogP) is 4.93. The lowest BCUT2D eigenvalue weighted by Gasteiger charge is -2.19. The zero-order valence-corrected chi connectivity index (χ0v) is 13.7. The second-order valence-electron chi connectivity index (χ2n) is 5.06. The minimum atomic E-state index is -0.547. The first kappa shape index (κ1) is 16.1. The normalized spacial score (nSPS) is 12.4. The molecule has 0 aliphatic rings.